The second kappa shape index (κ2) is 4.32. The van der Waals surface area contributed by atoms with Gasteiger partial charge in [0.2, 0.25) is 0 Å². The SMILES string of the molecule is O=C(Nc1ccc(C(=O)O)cc1O)NC1CC1. The summed E-state index contributed by atoms with van der Waals surface area (Å²) in [7, 11) is 0. The van der Waals surface area contributed by atoms with E-state index in [0.717, 1.165) is 18.9 Å². The quantitative estimate of drug-likeness (QED) is 0.596. The Labute approximate surface area is 97.3 Å². The van der Waals surface area contributed by atoms with E-state index in [1.165, 1.54) is 12.1 Å². The van der Waals surface area contributed by atoms with Crippen molar-refractivity contribution in [2.24, 2.45) is 0 Å². The maximum atomic E-state index is 11.4. The van der Waals surface area contributed by atoms with Gasteiger partial charge in [0.1, 0.15) is 5.75 Å². The zero-order chi connectivity index (χ0) is 12.4. The predicted octanol–water partition coefficient (Wildman–Crippen LogP) is 1.37. The third-order valence-corrected chi connectivity index (χ3v) is 2.41. The number of carboxylic acid groups (broad SMARTS) is 1. The average molecular weight is 236 g/mol. The molecule has 0 saturated heterocycles. The number of carbonyl (C=O) groups excluding carboxylic acids is 1. The number of phenols is 1. The number of nitrogens with one attached hydrogen (secondary N) is 2. The zero-order valence-corrected chi connectivity index (χ0v) is 8.93. The summed E-state index contributed by atoms with van der Waals surface area (Å²) in [6.07, 6.45) is 1.94. The predicted molar refractivity (Wildman–Crippen MR) is 60.2 cm³/mol. The van der Waals surface area contributed by atoms with Crippen molar-refractivity contribution in [3.05, 3.63) is 23.8 Å². The smallest absolute Gasteiger partial charge is 0.335 e. The molecule has 6 nitrogen and oxygen atoms in total. The molecule has 0 atom stereocenters. The van der Waals surface area contributed by atoms with Gasteiger partial charge in [-0.15, -0.1) is 0 Å². The highest BCUT2D eigenvalue weighted by molar-refractivity contribution is 5.93. The van der Waals surface area contributed by atoms with Crippen LogP contribution < -0.4 is 10.6 Å². The summed E-state index contributed by atoms with van der Waals surface area (Å²) in [5, 5.41) is 23.4. The zero-order valence-electron chi connectivity index (χ0n) is 8.93. The molecule has 1 aromatic rings. The Morgan fingerprint density at radius 2 is 2.00 bits per heavy atom. The van der Waals surface area contributed by atoms with Crippen molar-refractivity contribution in [3.63, 3.8) is 0 Å². The normalized spacial score (nSPS) is 14.1. The van der Waals surface area contributed by atoms with E-state index >= 15 is 0 Å². The van der Waals surface area contributed by atoms with E-state index in [1.807, 2.05) is 0 Å². The minimum Gasteiger partial charge on any atom is -0.506 e. The molecule has 1 fully saturated rings. The van der Waals surface area contributed by atoms with Crippen LogP contribution in [-0.2, 0) is 0 Å². The Bertz CT molecular complexity index is 469. The molecule has 1 aromatic carbocycles. The summed E-state index contributed by atoms with van der Waals surface area (Å²) in [5.74, 6) is -1.40. The molecule has 0 spiro atoms. The van der Waals surface area contributed by atoms with Gasteiger partial charge < -0.3 is 20.8 Å². The molecule has 1 aliphatic rings. The van der Waals surface area contributed by atoms with Crippen LogP contribution in [0.1, 0.15) is 23.2 Å². The van der Waals surface area contributed by atoms with Crippen LogP contribution in [0, 0.1) is 0 Å². The van der Waals surface area contributed by atoms with Gasteiger partial charge in [0.15, 0.2) is 0 Å². The molecule has 0 radical (unpaired) electrons. The molecule has 2 rings (SSSR count). The summed E-state index contributed by atoms with van der Waals surface area (Å²) >= 11 is 0. The monoisotopic (exact) mass is 236 g/mol. The van der Waals surface area contributed by atoms with Crippen LogP contribution in [0.5, 0.6) is 5.75 Å². The Morgan fingerprint density at radius 1 is 1.29 bits per heavy atom. The number of anilines is 1. The molecule has 90 valence electrons. The highest BCUT2D eigenvalue weighted by Crippen LogP contribution is 2.25. The molecular weight excluding hydrogens is 224 g/mol. The van der Waals surface area contributed by atoms with Gasteiger partial charge in [-0.25, -0.2) is 9.59 Å². The number of carbonyl (C=O) groups is 2. The van der Waals surface area contributed by atoms with Gasteiger partial charge in [-0.3, -0.25) is 0 Å². The fourth-order valence-corrected chi connectivity index (χ4v) is 1.34. The Morgan fingerprint density at radius 3 is 2.53 bits per heavy atom. The van der Waals surface area contributed by atoms with Crippen LogP contribution in [0.3, 0.4) is 0 Å². The van der Waals surface area contributed by atoms with Crippen molar-refractivity contribution in [1.82, 2.24) is 5.32 Å². The van der Waals surface area contributed by atoms with E-state index < -0.39 is 12.0 Å². The lowest BCUT2D eigenvalue weighted by Gasteiger charge is -2.08. The molecule has 4 N–H and O–H groups in total. The van der Waals surface area contributed by atoms with Crippen molar-refractivity contribution in [3.8, 4) is 5.75 Å². The van der Waals surface area contributed by atoms with Crippen LogP contribution in [0.25, 0.3) is 0 Å². The summed E-state index contributed by atoms with van der Waals surface area (Å²) < 4.78 is 0. The number of benzene rings is 1. The standard InChI is InChI=1S/C11H12N2O4/c14-9-5-6(10(15)16)1-4-8(9)13-11(17)12-7-2-3-7/h1,4-5,7,14H,2-3H2,(H,15,16)(H2,12,13,17). The minimum absolute atomic E-state index is 0.0318. The maximum absolute atomic E-state index is 11.4. The first kappa shape index (κ1) is 11.3. The van der Waals surface area contributed by atoms with E-state index in [0.29, 0.717) is 0 Å². The third-order valence-electron chi connectivity index (χ3n) is 2.41. The molecule has 0 unspecified atom stereocenters. The van der Waals surface area contributed by atoms with Gasteiger partial charge in [0.25, 0.3) is 0 Å². The van der Waals surface area contributed by atoms with Crippen molar-refractivity contribution >= 4 is 17.7 Å². The first-order chi connectivity index (χ1) is 8.06. The van der Waals surface area contributed by atoms with E-state index in [-0.39, 0.29) is 23.0 Å². The number of amides is 2. The molecular formula is C11H12N2O4. The molecule has 0 bridgehead atoms. The number of carboxylic acids is 1. The molecule has 0 aliphatic heterocycles. The van der Waals surface area contributed by atoms with Gasteiger partial charge in [-0.1, -0.05) is 0 Å². The van der Waals surface area contributed by atoms with Crippen LogP contribution in [0.2, 0.25) is 0 Å². The van der Waals surface area contributed by atoms with Crippen LogP contribution in [0.4, 0.5) is 10.5 Å². The summed E-state index contributed by atoms with van der Waals surface area (Å²) in [6, 6.07) is 3.58. The lowest BCUT2D eigenvalue weighted by Crippen LogP contribution is -2.30. The number of aromatic carboxylic acids is 1. The largest absolute Gasteiger partial charge is 0.506 e. The Balaban J connectivity index is 2.04. The fourth-order valence-electron chi connectivity index (χ4n) is 1.34. The Hall–Kier alpha value is -2.24. The van der Waals surface area contributed by atoms with Crippen molar-refractivity contribution in [1.29, 1.82) is 0 Å². The number of hydrogen-bond donors (Lipinski definition) is 4. The molecule has 0 aromatic heterocycles. The van der Waals surface area contributed by atoms with Crippen molar-refractivity contribution in [2.45, 2.75) is 18.9 Å². The van der Waals surface area contributed by atoms with Crippen molar-refractivity contribution in [2.75, 3.05) is 5.32 Å². The molecule has 1 aliphatic carbocycles. The number of hydrogen-bond acceptors (Lipinski definition) is 3. The molecule has 0 heterocycles. The average Bonchev–Trinajstić information content (AvgIpc) is 3.04. The summed E-state index contributed by atoms with van der Waals surface area (Å²) in [5.41, 5.74) is 0.156. The van der Waals surface area contributed by atoms with Gasteiger partial charge >= 0.3 is 12.0 Å². The maximum Gasteiger partial charge on any atom is 0.335 e. The van der Waals surface area contributed by atoms with Gasteiger partial charge in [-0.2, -0.15) is 0 Å². The minimum atomic E-state index is -1.13. The Kier molecular flexibility index (Phi) is 2.86. The number of phenolic OH excluding ortho intramolecular Hbond substituents is 1. The number of rotatable bonds is 3. The second-order valence-electron chi connectivity index (χ2n) is 3.91. The van der Waals surface area contributed by atoms with Crippen LogP contribution >= 0.6 is 0 Å². The lowest BCUT2D eigenvalue weighted by atomic mass is 10.2. The molecule has 17 heavy (non-hydrogen) atoms. The van der Waals surface area contributed by atoms with Crippen LogP contribution in [0.15, 0.2) is 18.2 Å². The lowest BCUT2D eigenvalue weighted by molar-refractivity contribution is 0.0696. The van der Waals surface area contributed by atoms with Gasteiger partial charge in [-0.05, 0) is 31.0 Å². The number of urea groups is 1. The van der Waals surface area contributed by atoms with E-state index in [1.54, 1.807) is 0 Å². The summed E-state index contributed by atoms with van der Waals surface area (Å²) in [6.45, 7) is 0. The first-order valence-electron chi connectivity index (χ1n) is 5.20. The first-order valence-corrected chi connectivity index (χ1v) is 5.20. The van der Waals surface area contributed by atoms with E-state index in [9.17, 15) is 14.7 Å². The van der Waals surface area contributed by atoms with E-state index in [4.69, 9.17) is 5.11 Å². The fraction of sp³-hybridized carbons (Fsp3) is 0.273. The van der Waals surface area contributed by atoms with Crippen LogP contribution in [-0.4, -0.2) is 28.3 Å². The topological polar surface area (TPSA) is 98.7 Å². The number of aromatic hydroxyl groups is 1. The van der Waals surface area contributed by atoms with Gasteiger partial charge in [0, 0.05) is 6.04 Å². The molecule has 1 saturated carbocycles. The molecule has 2 amide bonds. The highest BCUT2D eigenvalue weighted by Gasteiger charge is 2.23. The third kappa shape index (κ3) is 2.87. The van der Waals surface area contributed by atoms with E-state index in [2.05, 4.69) is 10.6 Å². The second-order valence-corrected chi connectivity index (χ2v) is 3.91. The highest BCUT2D eigenvalue weighted by atomic mass is 16.4. The molecule has 6 heteroatoms. The van der Waals surface area contributed by atoms with Crippen molar-refractivity contribution < 1.29 is 19.8 Å². The van der Waals surface area contributed by atoms with Gasteiger partial charge in [0.05, 0.1) is 11.3 Å². The summed E-state index contributed by atoms with van der Waals surface area (Å²) in [4.78, 5) is 22.0.